The van der Waals surface area contributed by atoms with E-state index < -0.39 is 0 Å². The van der Waals surface area contributed by atoms with Crippen molar-refractivity contribution in [3.8, 4) is 5.88 Å². The van der Waals surface area contributed by atoms with Gasteiger partial charge in [0.25, 0.3) is 0 Å². The predicted molar refractivity (Wildman–Crippen MR) is 79.2 cm³/mol. The normalized spacial score (nSPS) is 10.4. The number of nitrogens with two attached hydrogens (primary N) is 2. The second-order valence-electron chi connectivity index (χ2n) is 4.16. The van der Waals surface area contributed by atoms with Gasteiger partial charge in [0.1, 0.15) is 12.4 Å². The van der Waals surface area contributed by atoms with Gasteiger partial charge in [0, 0.05) is 31.5 Å². The van der Waals surface area contributed by atoms with Gasteiger partial charge in [-0.2, -0.15) is 4.98 Å². The molecule has 112 valence electrons. The molecule has 0 unspecified atom stereocenters. The number of anilines is 3. The molecule has 8 nitrogen and oxygen atoms in total. The summed E-state index contributed by atoms with van der Waals surface area (Å²) in [6.07, 6.45) is 3.22. The van der Waals surface area contributed by atoms with E-state index in [2.05, 4.69) is 20.3 Å². The van der Waals surface area contributed by atoms with Crippen molar-refractivity contribution in [2.75, 3.05) is 31.4 Å². The number of aromatic nitrogens is 3. The van der Waals surface area contributed by atoms with Crippen LogP contribution in [-0.2, 0) is 11.3 Å². The maximum atomic E-state index is 5.76. The summed E-state index contributed by atoms with van der Waals surface area (Å²) in [5.41, 5.74) is 12.7. The maximum Gasteiger partial charge on any atom is 0.229 e. The Labute approximate surface area is 122 Å². The van der Waals surface area contributed by atoms with Crippen LogP contribution in [0.3, 0.4) is 0 Å². The van der Waals surface area contributed by atoms with Crippen molar-refractivity contribution in [1.82, 2.24) is 15.0 Å². The van der Waals surface area contributed by atoms with Crippen LogP contribution in [-0.4, -0.2) is 35.3 Å². The Kier molecular flexibility index (Phi) is 5.24. The summed E-state index contributed by atoms with van der Waals surface area (Å²) in [5.74, 6) is 1.28. The number of hydrogen-bond acceptors (Lipinski definition) is 8. The molecule has 0 aliphatic rings. The molecule has 8 heteroatoms. The zero-order chi connectivity index (χ0) is 15.1. The Bertz CT molecular complexity index is 575. The van der Waals surface area contributed by atoms with Gasteiger partial charge in [-0.05, 0) is 6.07 Å². The number of nitrogen functional groups attached to an aromatic ring is 1. The second kappa shape index (κ2) is 7.36. The summed E-state index contributed by atoms with van der Waals surface area (Å²) in [6, 6.07) is 3.56. The van der Waals surface area contributed by atoms with Crippen LogP contribution in [0.2, 0.25) is 0 Å². The first-order valence-electron chi connectivity index (χ1n) is 6.39. The van der Waals surface area contributed by atoms with Crippen molar-refractivity contribution in [3.05, 3.63) is 30.1 Å². The zero-order valence-corrected chi connectivity index (χ0v) is 11.7. The first-order valence-corrected chi connectivity index (χ1v) is 6.39. The number of ether oxygens (including phenoxy) is 2. The van der Waals surface area contributed by atoms with E-state index in [0.29, 0.717) is 43.0 Å². The van der Waals surface area contributed by atoms with E-state index in [1.807, 2.05) is 6.07 Å². The number of nitrogens with zero attached hydrogens (tertiary/aromatic N) is 3. The zero-order valence-electron chi connectivity index (χ0n) is 11.7. The molecule has 21 heavy (non-hydrogen) atoms. The summed E-state index contributed by atoms with van der Waals surface area (Å²) in [4.78, 5) is 12.4. The smallest absolute Gasteiger partial charge is 0.229 e. The second-order valence-corrected chi connectivity index (χ2v) is 4.16. The van der Waals surface area contributed by atoms with Crippen LogP contribution in [0.5, 0.6) is 5.88 Å². The highest BCUT2D eigenvalue weighted by Gasteiger charge is 2.04. The molecular formula is C13H18N6O2. The molecular weight excluding hydrogens is 272 g/mol. The van der Waals surface area contributed by atoms with E-state index in [1.54, 1.807) is 25.6 Å². The summed E-state index contributed by atoms with van der Waals surface area (Å²) in [5, 5.41) is 3.00. The Morgan fingerprint density at radius 1 is 1.19 bits per heavy atom. The van der Waals surface area contributed by atoms with Gasteiger partial charge in [-0.15, -0.1) is 0 Å². The molecule has 0 radical (unpaired) electrons. The highest BCUT2D eigenvalue weighted by atomic mass is 16.5. The Balaban J connectivity index is 1.98. The first-order chi connectivity index (χ1) is 10.2. The Hall–Kier alpha value is -2.45. The fourth-order valence-electron chi connectivity index (χ4n) is 1.54. The minimum atomic E-state index is 0.307. The van der Waals surface area contributed by atoms with Crippen LogP contribution in [0.25, 0.3) is 0 Å². The molecule has 0 aromatic carbocycles. The van der Waals surface area contributed by atoms with Gasteiger partial charge in [0.05, 0.1) is 18.5 Å². The topological polar surface area (TPSA) is 121 Å². The third-order valence-electron chi connectivity index (χ3n) is 2.65. The molecule has 2 rings (SSSR count). The maximum absolute atomic E-state index is 5.76. The van der Waals surface area contributed by atoms with Crippen molar-refractivity contribution >= 4 is 17.5 Å². The van der Waals surface area contributed by atoms with Crippen molar-refractivity contribution in [3.63, 3.8) is 0 Å². The van der Waals surface area contributed by atoms with Crippen LogP contribution >= 0.6 is 0 Å². The molecule has 0 saturated carbocycles. The predicted octanol–water partition coefficient (Wildman–Crippen LogP) is 0.681. The lowest BCUT2D eigenvalue weighted by Crippen LogP contribution is -2.07. The lowest BCUT2D eigenvalue weighted by molar-refractivity contribution is 0.144. The molecule has 2 aromatic rings. The molecule has 0 saturated heterocycles. The number of pyridine rings is 1. The quantitative estimate of drug-likeness (QED) is 0.636. The van der Waals surface area contributed by atoms with Crippen molar-refractivity contribution in [2.24, 2.45) is 5.73 Å². The SMILES string of the molecule is COCCOc1ccc(Nc2ncc(CN)c(N)n2)cn1. The minimum Gasteiger partial charge on any atom is -0.475 e. The van der Waals surface area contributed by atoms with E-state index >= 15 is 0 Å². The molecule has 0 spiro atoms. The van der Waals surface area contributed by atoms with Gasteiger partial charge in [-0.3, -0.25) is 0 Å². The third-order valence-corrected chi connectivity index (χ3v) is 2.65. The highest BCUT2D eigenvalue weighted by Crippen LogP contribution is 2.16. The number of rotatable bonds is 7. The number of methoxy groups -OCH3 is 1. The molecule has 2 heterocycles. The van der Waals surface area contributed by atoms with E-state index in [4.69, 9.17) is 20.9 Å². The first kappa shape index (κ1) is 14.9. The average molecular weight is 290 g/mol. The standard InChI is InChI=1S/C13H18N6O2/c1-20-4-5-21-11-3-2-10(8-16-11)18-13-17-7-9(6-14)12(15)19-13/h2-3,7-8H,4-6,14H2,1H3,(H3,15,17,18,19). The van der Waals surface area contributed by atoms with Crippen LogP contribution in [0.1, 0.15) is 5.56 Å². The molecule has 0 atom stereocenters. The summed E-state index contributed by atoms with van der Waals surface area (Å²) in [6.45, 7) is 1.28. The van der Waals surface area contributed by atoms with Crippen molar-refractivity contribution in [2.45, 2.75) is 6.54 Å². The van der Waals surface area contributed by atoms with E-state index in [0.717, 1.165) is 5.69 Å². The van der Waals surface area contributed by atoms with Gasteiger partial charge in [0.2, 0.25) is 11.8 Å². The fraction of sp³-hybridized carbons (Fsp3) is 0.308. The van der Waals surface area contributed by atoms with Crippen LogP contribution in [0.4, 0.5) is 17.5 Å². The third kappa shape index (κ3) is 4.26. The van der Waals surface area contributed by atoms with Crippen LogP contribution in [0.15, 0.2) is 24.5 Å². The minimum absolute atomic E-state index is 0.307. The number of nitrogens with one attached hydrogen (secondary N) is 1. The van der Waals surface area contributed by atoms with E-state index in [9.17, 15) is 0 Å². The molecule has 0 aliphatic carbocycles. The summed E-state index contributed by atoms with van der Waals surface area (Å²) >= 11 is 0. The van der Waals surface area contributed by atoms with Crippen LogP contribution < -0.4 is 21.5 Å². The lowest BCUT2D eigenvalue weighted by atomic mass is 10.3. The number of hydrogen-bond donors (Lipinski definition) is 3. The van der Waals surface area contributed by atoms with Crippen LogP contribution in [0, 0.1) is 0 Å². The van der Waals surface area contributed by atoms with Crippen molar-refractivity contribution in [1.29, 1.82) is 0 Å². The van der Waals surface area contributed by atoms with Gasteiger partial charge in [0.15, 0.2) is 0 Å². The van der Waals surface area contributed by atoms with Gasteiger partial charge >= 0.3 is 0 Å². The van der Waals surface area contributed by atoms with E-state index in [1.165, 1.54) is 0 Å². The Morgan fingerprint density at radius 3 is 2.67 bits per heavy atom. The molecule has 2 aromatic heterocycles. The summed E-state index contributed by atoms with van der Waals surface area (Å²) in [7, 11) is 1.62. The molecule has 0 bridgehead atoms. The van der Waals surface area contributed by atoms with Gasteiger partial charge < -0.3 is 26.3 Å². The monoisotopic (exact) mass is 290 g/mol. The molecule has 5 N–H and O–H groups in total. The summed E-state index contributed by atoms with van der Waals surface area (Å²) < 4.78 is 10.3. The average Bonchev–Trinajstić information content (AvgIpc) is 2.49. The fourth-order valence-corrected chi connectivity index (χ4v) is 1.54. The van der Waals surface area contributed by atoms with Gasteiger partial charge in [-0.1, -0.05) is 0 Å². The lowest BCUT2D eigenvalue weighted by Gasteiger charge is -2.08. The van der Waals surface area contributed by atoms with Gasteiger partial charge in [-0.25, -0.2) is 9.97 Å². The Morgan fingerprint density at radius 2 is 2.05 bits per heavy atom. The highest BCUT2D eigenvalue weighted by molar-refractivity contribution is 5.54. The molecule has 0 aliphatic heterocycles. The molecule has 0 fully saturated rings. The van der Waals surface area contributed by atoms with Crippen molar-refractivity contribution < 1.29 is 9.47 Å². The van der Waals surface area contributed by atoms with E-state index in [-0.39, 0.29) is 0 Å². The molecule has 0 amide bonds. The largest absolute Gasteiger partial charge is 0.475 e.